The van der Waals surface area contributed by atoms with Gasteiger partial charge in [-0.05, 0) is 13.8 Å². The van der Waals surface area contributed by atoms with Crippen LogP contribution in [0.4, 0.5) is 4.79 Å². The number of aliphatic carboxylic acids is 1. The van der Waals surface area contributed by atoms with Crippen molar-refractivity contribution in [3.8, 4) is 0 Å². The number of carbonyl (C=O) groups is 3. The van der Waals surface area contributed by atoms with Gasteiger partial charge in [-0.3, -0.25) is 4.79 Å². The van der Waals surface area contributed by atoms with Crippen molar-refractivity contribution in [2.75, 3.05) is 20.3 Å². The zero-order valence-corrected chi connectivity index (χ0v) is 11.4. The lowest BCUT2D eigenvalue weighted by Crippen LogP contribution is -2.52. The number of nitrogens with one attached hydrogen (secondary N) is 1. The molecule has 0 rings (SSSR count). The van der Waals surface area contributed by atoms with Gasteiger partial charge in [-0.2, -0.15) is 0 Å². The summed E-state index contributed by atoms with van der Waals surface area (Å²) >= 11 is 0. The van der Waals surface area contributed by atoms with E-state index in [-0.39, 0.29) is 6.04 Å². The molecule has 0 radical (unpaired) electrons. The number of hydrogen-bond acceptors (Lipinski definition) is 4. The minimum atomic E-state index is -1.33. The van der Waals surface area contributed by atoms with E-state index in [9.17, 15) is 14.4 Å². The fourth-order valence-electron chi connectivity index (χ4n) is 1.62. The number of amides is 3. The molecule has 110 valence electrons. The van der Waals surface area contributed by atoms with Crippen LogP contribution in [0.15, 0.2) is 0 Å². The van der Waals surface area contributed by atoms with Gasteiger partial charge in [0, 0.05) is 13.7 Å². The van der Waals surface area contributed by atoms with Crippen LogP contribution in [0.2, 0.25) is 0 Å². The number of ether oxygens (including phenoxy) is 1. The Labute approximate surface area is 111 Å². The molecule has 19 heavy (non-hydrogen) atoms. The number of likely N-dealkylation sites (N-methyl/N-ethyl adjacent to an activating group) is 1. The summed E-state index contributed by atoms with van der Waals surface area (Å²) in [7, 11) is 1.51. The summed E-state index contributed by atoms with van der Waals surface area (Å²) in [6.07, 6.45) is -0.447. The lowest BCUT2D eigenvalue weighted by atomic mass is 10.2. The molecule has 0 aromatic carbocycles. The summed E-state index contributed by atoms with van der Waals surface area (Å²) in [6, 6.07) is -2.10. The van der Waals surface area contributed by atoms with E-state index in [1.54, 1.807) is 13.8 Å². The fraction of sp³-hybridized carbons (Fsp3) is 0.727. The summed E-state index contributed by atoms with van der Waals surface area (Å²) in [6.45, 7) is 4.25. The fourth-order valence-corrected chi connectivity index (χ4v) is 1.62. The molecule has 0 heterocycles. The smallest absolute Gasteiger partial charge is 0.326 e. The number of methoxy groups -OCH3 is 1. The highest BCUT2D eigenvalue weighted by Gasteiger charge is 2.26. The number of primary amides is 1. The van der Waals surface area contributed by atoms with Crippen molar-refractivity contribution < 1.29 is 24.2 Å². The Morgan fingerprint density at radius 3 is 2.37 bits per heavy atom. The van der Waals surface area contributed by atoms with E-state index < -0.39 is 30.4 Å². The predicted molar refractivity (Wildman–Crippen MR) is 67.5 cm³/mol. The summed E-state index contributed by atoms with van der Waals surface area (Å²) in [5, 5.41) is 11.2. The van der Waals surface area contributed by atoms with Gasteiger partial charge < -0.3 is 25.8 Å². The van der Waals surface area contributed by atoms with Gasteiger partial charge in [0.2, 0.25) is 5.91 Å². The van der Waals surface area contributed by atoms with Gasteiger partial charge in [-0.1, -0.05) is 0 Å². The third-order valence-corrected chi connectivity index (χ3v) is 2.54. The summed E-state index contributed by atoms with van der Waals surface area (Å²) in [5.41, 5.74) is 4.94. The highest BCUT2D eigenvalue weighted by Crippen LogP contribution is 2.02. The van der Waals surface area contributed by atoms with Crippen LogP contribution in [0, 0.1) is 0 Å². The molecule has 1 unspecified atom stereocenters. The van der Waals surface area contributed by atoms with E-state index >= 15 is 0 Å². The molecule has 2 atom stereocenters. The number of hydrogen-bond donors (Lipinski definition) is 3. The summed E-state index contributed by atoms with van der Waals surface area (Å²) < 4.78 is 4.94. The second kappa shape index (κ2) is 8.30. The maximum Gasteiger partial charge on any atom is 0.326 e. The molecule has 0 spiro atoms. The average Bonchev–Trinajstić information content (AvgIpc) is 2.28. The maximum atomic E-state index is 11.9. The van der Waals surface area contributed by atoms with E-state index in [0.29, 0.717) is 13.2 Å². The molecule has 0 aliphatic heterocycles. The molecule has 0 aliphatic rings. The number of carbonyl (C=O) groups excluding carboxylic acids is 2. The van der Waals surface area contributed by atoms with E-state index in [1.165, 1.54) is 12.0 Å². The van der Waals surface area contributed by atoms with Gasteiger partial charge >= 0.3 is 12.0 Å². The van der Waals surface area contributed by atoms with Gasteiger partial charge in [-0.25, -0.2) is 9.59 Å². The third-order valence-electron chi connectivity index (χ3n) is 2.54. The Hall–Kier alpha value is -1.83. The number of nitrogens with zero attached hydrogens (tertiary/aromatic N) is 1. The van der Waals surface area contributed by atoms with Crippen molar-refractivity contribution in [2.45, 2.75) is 32.4 Å². The monoisotopic (exact) mass is 275 g/mol. The van der Waals surface area contributed by atoms with E-state index in [1.807, 2.05) is 0 Å². The van der Waals surface area contributed by atoms with Crippen LogP contribution >= 0.6 is 0 Å². The van der Waals surface area contributed by atoms with Crippen LogP contribution in [-0.4, -0.2) is 60.3 Å². The number of carboxylic acid groups (broad SMARTS) is 1. The largest absolute Gasteiger partial charge is 0.480 e. The number of rotatable bonds is 8. The van der Waals surface area contributed by atoms with Crippen molar-refractivity contribution in [3.05, 3.63) is 0 Å². The normalized spacial score (nSPS) is 13.4. The van der Waals surface area contributed by atoms with Crippen LogP contribution in [0.3, 0.4) is 0 Å². The topological polar surface area (TPSA) is 122 Å². The predicted octanol–water partition coefficient (Wildman–Crippen LogP) is -0.619. The molecule has 8 heteroatoms. The quantitative estimate of drug-likeness (QED) is 0.545. The van der Waals surface area contributed by atoms with Crippen molar-refractivity contribution in [3.63, 3.8) is 0 Å². The van der Waals surface area contributed by atoms with Crippen LogP contribution < -0.4 is 11.1 Å². The van der Waals surface area contributed by atoms with Crippen LogP contribution in [-0.2, 0) is 14.3 Å². The Morgan fingerprint density at radius 2 is 2.00 bits per heavy atom. The van der Waals surface area contributed by atoms with E-state index in [0.717, 1.165) is 0 Å². The SMILES string of the molecule is CCN(C(=O)N[C@H](CC(N)=O)C(=O)O)C(C)COC. The second-order valence-corrected chi connectivity index (χ2v) is 4.10. The minimum absolute atomic E-state index is 0.210. The Morgan fingerprint density at radius 1 is 1.42 bits per heavy atom. The molecule has 4 N–H and O–H groups in total. The van der Waals surface area contributed by atoms with Crippen molar-refractivity contribution in [1.29, 1.82) is 0 Å². The van der Waals surface area contributed by atoms with E-state index in [2.05, 4.69) is 5.32 Å². The summed E-state index contributed by atoms with van der Waals surface area (Å²) in [4.78, 5) is 35.0. The maximum absolute atomic E-state index is 11.9. The molecule has 0 aliphatic carbocycles. The molecule has 0 bridgehead atoms. The van der Waals surface area contributed by atoms with Crippen LogP contribution in [0.25, 0.3) is 0 Å². The van der Waals surface area contributed by atoms with Crippen molar-refractivity contribution >= 4 is 17.9 Å². The lowest BCUT2D eigenvalue weighted by Gasteiger charge is -2.28. The molecule has 0 aromatic heterocycles. The first kappa shape index (κ1) is 17.2. The van der Waals surface area contributed by atoms with Gasteiger partial charge in [0.25, 0.3) is 0 Å². The van der Waals surface area contributed by atoms with Gasteiger partial charge in [0.05, 0.1) is 19.1 Å². The first-order valence-corrected chi connectivity index (χ1v) is 5.90. The average molecular weight is 275 g/mol. The van der Waals surface area contributed by atoms with Gasteiger partial charge in [-0.15, -0.1) is 0 Å². The van der Waals surface area contributed by atoms with Gasteiger partial charge in [0.15, 0.2) is 0 Å². The molecule has 0 fully saturated rings. The zero-order valence-electron chi connectivity index (χ0n) is 11.4. The second-order valence-electron chi connectivity index (χ2n) is 4.10. The lowest BCUT2D eigenvalue weighted by molar-refractivity contribution is -0.141. The van der Waals surface area contributed by atoms with Crippen molar-refractivity contribution in [1.82, 2.24) is 10.2 Å². The molecular weight excluding hydrogens is 254 g/mol. The number of carboxylic acids is 1. The van der Waals surface area contributed by atoms with E-state index in [4.69, 9.17) is 15.6 Å². The highest BCUT2D eigenvalue weighted by molar-refractivity contribution is 5.87. The third kappa shape index (κ3) is 6.05. The Balaban J connectivity index is 4.68. The standard InChI is InChI=1S/C11H21N3O5/c1-4-14(7(2)6-19-3)11(18)13-8(10(16)17)5-9(12)15/h7-8H,4-6H2,1-3H3,(H2,12,15)(H,13,18)(H,16,17)/t7?,8-/m1/s1. The molecule has 3 amide bonds. The number of nitrogens with two attached hydrogens (primary N) is 1. The highest BCUT2D eigenvalue weighted by atomic mass is 16.5. The van der Waals surface area contributed by atoms with Gasteiger partial charge in [0.1, 0.15) is 6.04 Å². The van der Waals surface area contributed by atoms with Crippen molar-refractivity contribution in [2.24, 2.45) is 5.73 Å². The Bertz CT molecular complexity index is 334. The Kier molecular flexibility index (Phi) is 7.50. The molecule has 8 nitrogen and oxygen atoms in total. The van der Waals surface area contributed by atoms with Crippen LogP contribution in [0.5, 0.6) is 0 Å². The minimum Gasteiger partial charge on any atom is -0.480 e. The first-order chi connectivity index (χ1) is 8.83. The number of urea groups is 1. The van der Waals surface area contributed by atoms with Crippen LogP contribution in [0.1, 0.15) is 20.3 Å². The molecule has 0 saturated heterocycles. The zero-order chi connectivity index (χ0) is 15.0. The molecular formula is C11H21N3O5. The summed E-state index contributed by atoms with van der Waals surface area (Å²) in [5.74, 6) is -2.09. The molecule has 0 aromatic rings. The molecule has 0 saturated carbocycles. The first-order valence-electron chi connectivity index (χ1n) is 5.90.